The van der Waals surface area contributed by atoms with Gasteiger partial charge in [-0.1, -0.05) is 0 Å². The summed E-state index contributed by atoms with van der Waals surface area (Å²) in [6.45, 7) is 0.504. The summed E-state index contributed by atoms with van der Waals surface area (Å²) in [5.41, 5.74) is 5.52. The lowest BCUT2D eigenvalue weighted by Gasteiger charge is -2.32. The van der Waals surface area contributed by atoms with Gasteiger partial charge in [-0.25, -0.2) is 9.89 Å². The number of aromatic amines is 1. The van der Waals surface area contributed by atoms with Crippen molar-refractivity contribution in [1.29, 1.82) is 0 Å². The van der Waals surface area contributed by atoms with Gasteiger partial charge in [-0.15, -0.1) is 5.10 Å². The van der Waals surface area contributed by atoms with Gasteiger partial charge in [-0.3, -0.25) is 0 Å². The van der Waals surface area contributed by atoms with Crippen molar-refractivity contribution in [3.63, 3.8) is 0 Å². The summed E-state index contributed by atoms with van der Waals surface area (Å²) in [4.78, 5) is 12.7. The molecule has 1 aromatic carbocycles. The molecule has 3 N–H and O–H groups in total. The van der Waals surface area contributed by atoms with Crippen LogP contribution >= 0.6 is 0 Å². The molecule has 1 fully saturated rings. The lowest BCUT2D eigenvalue weighted by atomic mass is 9.86. The normalized spacial score (nSPS) is 21.0. The van der Waals surface area contributed by atoms with E-state index in [0.717, 1.165) is 31.7 Å². The zero-order chi connectivity index (χ0) is 18.9. The summed E-state index contributed by atoms with van der Waals surface area (Å²) in [5, 5.41) is 5.80. The smallest absolute Gasteiger partial charge is 0.388 e. The molecule has 1 aliphatic rings. The number of aromatic nitrogens is 2. The molecule has 2 aromatic rings. The highest BCUT2D eigenvalue weighted by molar-refractivity contribution is 5.66. The van der Waals surface area contributed by atoms with Crippen molar-refractivity contribution in [2.45, 2.75) is 37.9 Å². The van der Waals surface area contributed by atoms with Gasteiger partial charge in [-0.2, -0.15) is 13.2 Å². The van der Waals surface area contributed by atoms with Gasteiger partial charge in [0.25, 0.3) is 0 Å². The molecule has 1 aliphatic carbocycles. The highest BCUT2D eigenvalue weighted by Crippen LogP contribution is 2.39. The van der Waals surface area contributed by atoms with Crippen LogP contribution in [0.2, 0.25) is 0 Å². The maximum absolute atomic E-state index is 13.4. The van der Waals surface area contributed by atoms with E-state index in [2.05, 4.69) is 10.2 Å². The number of nitrogens with one attached hydrogen (secondary N) is 1. The lowest BCUT2D eigenvalue weighted by molar-refractivity contribution is -0.137. The van der Waals surface area contributed by atoms with Crippen LogP contribution in [0.25, 0.3) is 11.5 Å². The second-order valence-electron chi connectivity index (χ2n) is 6.81. The second kappa shape index (κ2) is 7.14. The number of nitrogens with two attached hydrogens (primary N) is 1. The number of nitrogens with zero attached hydrogens (tertiary/aromatic N) is 2. The van der Waals surface area contributed by atoms with Gasteiger partial charge in [0.15, 0.2) is 0 Å². The van der Waals surface area contributed by atoms with Crippen molar-refractivity contribution >= 4 is 5.69 Å². The predicted molar refractivity (Wildman–Crippen MR) is 90.8 cm³/mol. The number of rotatable bonds is 4. The van der Waals surface area contributed by atoms with Crippen molar-refractivity contribution in [2.75, 3.05) is 18.5 Å². The molecule has 6 nitrogen and oxygen atoms in total. The van der Waals surface area contributed by atoms with Gasteiger partial charge in [-0.05, 0) is 49.8 Å². The average Bonchev–Trinajstić information content (AvgIpc) is 3.02. The number of H-pyrrole nitrogens is 1. The molecule has 0 amide bonds. The molecule has 1 saturated carbocycles. The van der Waals surface area contributed by atoms with E-state index in [1.807, 2.05) is 0 Å². The van der Waals surface area contributed by atoms with Crippen LogP contribution in [0.4, 0.5) is 18.9 Å². The highest BCUT2D eigenvalue weighted by atomic mass is 19.4. The number of halogens is 3. The summed E-state index contributed by atoms with van der Waals surface area (Å²) < 4.78 is 45.2. The number of hydrogen-bond acceptors (Lipinski definition) is 5. The minimum atomic E-state index is -4.48. The Hall–Kier alpha value is -2.29. The van der Waals surface area contributed by atoms with Crippen LogP contribution in [0.1, 0.15) is 31.2 Å². The van der Waals surface area contributed by atoms with Crippen molar-refractivity contribution in [2.24, 2.45) is 11.7 Å². The van der Waals surface area contributed by atoms with E-state index in [0.29, 0.717) is 18.0 Å². The predicted octanol–water partition coefficient (Wildman–Crippen LogP) is 3.00. The first-order valence-corrected chi connectivity index (χ1v) is 8.48. The molecule has 9 heteroatoms. The molecule has 1 aromatic heterocycles. The van der Waals surface area contributed by atoms with Crippen LogP contribution in [0.15, 0.2) is 27.4 Å². The molecule has 0 atom stereocenters. The first kappa shape index (κ1) is 18.5. The Morgan fingerprint density at radius 1 is 1.31 bits per heavy atom. The SMILES string of the molecule is CN(CC1CCC(N)CC1)c1cc(-c2n[nH]c(=O)o2)ccc1C(F)(F)F. The summed E-state index contributed by atoms with van der Waals surface area (Å²) >= 11 is 0. The fraction of sp³-hybridized carbons (Fsp3) is 0.529. The van der Waals surface area contributed by atoms with Gasteiger partial charge < -0.3 is 15.1 Å². The first-order valence-electron chi connectivity index (χ1n) is 8.48. The fourth-order valence-corrected chi connectivity index (χ4v) is 3.43. The third kappa shape index (κ3) is 4.09. The Balaban J connectivity index is 1.90. The number of alkyl halides is 3. The summed E-state index contributed by atoms with van der Waals surface area (Å²) in [6, 6.07) is 3.79. The molecule has 0 spiro atoms. The van der Waals surface area contributed by atoms with Gasteiger partial charge in [0.2, 0.25) is 5.89 Å². The molecule has 3 rings (SSSR count). The van der Waals surface area contributed by atoms with E-state index in [1.165, 1.54) is 12.1 Å². The second-order valence-corrected chi connectivity index (χ2v) is 6.81. The van der Waals surface area contributed by atoms with Crippen LogP contribution in [0.3, 0.4) is 0 Å². The highest BCUT2D eigenvalue weighted by Gasteiger charge is 2.35. The quantitative estimate of drug-likeness (QED) is 0.864. The molecule has 1 heterocycles. The molecule has 142 valence electrons. The lowest BCUT2D eigenvalue weighted by Crippen LogP contribution is -2.33. The Morgan fingerprint density at radius 3 is 2.58 bits per heavy atom. The molecule has 0 saturated heterocycles. The van der Waals surface area contributed by atoms with E-state index in [-0.39, 0.29) is 17.6 Å². The summed E-state index contributed by atoms with van der Waals surface area (Å²) in [6.07, 6.45) is -0.892. The summed E-state index contributed by atoms with van der Waals surface area (Å²) in [7, 11) is 1.64. The van der Waals surface area contributed by atoms with Gasteiger partial charge >= 0.3 is 11.9 Å². The van der Waals surface area contributed by atoms with Gasteiger partial charge in [0.1, 0.15) is 0 Å². The number of benzene rings is 1. The topological polar surface area (TPSA) is 88.1 Å². The van der Waals surface area contributed by atoms with Crippen LogP contribution < -0.4 is 16.4 Å². The standard InChI is InChI=1S/C17H21F3N4O2/c1-24(9-10-2-5-12(21)6-3-10)14-8-11(15-22-23-16(25)26-15)4-7-13(14)17(18,19)20/h4,7-8,10,12H,2-3,5-6,9,21H2,1H3,(H,23,25). The monoisotopic (exact) mass is 370 g/mol. The summed E-state index contributed by atoms with van der Waals surface area (Å²) in [5.74, 6) is -0.497. The minimum absolute atomic E-state index is 0.0375. The van der Waals surface area contributed by atoms with Crippen molar-refractivity contribution in [1.82, 2.24) is 10.2 Å². The van der Waals surface area contributed by atoms with Crippen molar-refractivity contribution in [3.05, 3.63) is 34.3 Å². The third-order valence-electron chi connectivity index (χ3n) is 4.82. The van der Waals surface area contributed by atoms with Gasteiger partial charge in [0.05, 0.1) is 5.56 Å². The maximum Gasteiger partial charge on any atom is 0.434 e. The Bertz CT molecular complexity index is 807. The van der Waals surface area contributed by atoms with Crippen LogP contribution in [-0.2, 0) is 6.18 Å². The van der Waals surface area contributed by atoms with E-state index in [4.69, 9.17) is 10.2 Å². The zero-order valence-corrected chi connectivity index (χ0v) is 14.3. The molecule has 0 unspecified atom stereocenters. The van der Waals surface area contributed by atoms with Crippen LogP contribution in [-0.4, -0.2) is 29.8 Å². The van der Waals surface area contributed by atoms with E-state index < -0.39 is 17.5 Å². The number of anilines is 1. The van der Waals surface area contributed by atoms with E-state index in [9.17, 15) is 18.0 Å². The largest absolute Gasteiger partial charge is 0.434 e. The molecule has 0 aliphatic heterocycles. The van der Waals surface area contributed by atoms with Crippen LogP contribution in [0, 0.1) is 5.92 Å². The van der Waals surface area contributed by atoms with Gasteiger partial charge in [0, 0.05) is 30.9 Å². The Morgan fingerprint density at radius 2 is 2.00 bits per heavy atom. The molecular weight excluding hydrogens is 349 g/mol. The molecular formula is C17H21F3N4O2. The minimum Gasteiger partial charge on any atom is -0.388 e. The third-order valence-corrected chi connectivity index (χ3v) is 4.82. The molecule has 0 radical (unpaired) electrons. The maximum atomic E-state index is 13.4. The van der Waals surface area contributed by atoms with Crippen molar-refractivity contribution < 1.29 is 17.6 Å². The first-order chi connectivity index (χ1) is 12.2. The average molecular weight is 370 g/mol. The van der Waals surface area contributed by atoms with E-state index in [1.54, 1.807) is 11.9 Å². The fourth-order valence-electron chi connectivity index (χ4n) is 3.43. The number of hydrogen-bond donors (Lipinski definition) is 2. The molecule has 0 bridgehead atoms. The Kier molecular flexibility index (Phi) is 5.08. The van der Waals surface area contributed by atoms with Crippen LogP contribution in [0.5, 0.6) is 0 Å². The van der Waals surface area contributed by atoms with E-state index >= 15 is 0 Å². The molecule has 26 heavy (non-hydrogen) atoms. The van der Waals surface area contributed by atoms with Crippen molar-refractivity contribution in [3.8, 4) is 11.5 Å². The zero-order valence-electron chi connectivity index (χ0n) is 14.3. The Labute approximate surface area is 148 Å².